The minimum Gasteiger partial charge on any atom is -0.462 e. The number of halogens is 7. The number of carbonyl (C=O) groups is 2. The molecule has 29 heavy (non-hydrogen) atoms. The summed E-state index contributed by atoms with van der Waals surface area (Å²) in [5.41, 5.74) is -2.28. The highest BCUT2D eigenvalue weighted by molar-refractivity contribution is 9.10. The van der Waals surface area contributed by atoms with Crippen molar-refractivity contribution in [3.8, 4) is 0 Å². The summed E-state index contributed by atoms with van der Waals surface area (Å²) < 4.78 is 69.7. The Bertz CT molecular complexity index is 962. The summed E-state index contributed by atoms with van der Waals surface area (Å²) in [5.74, 6) is -7.09. The first-order valence-electron chi connectivity index (χ1n) is 7.76. The van der Waals surface area contributed by atoms with Crippen LogP contribution in [0.3, 0.4) is 0 Å². The van der Waals surface area contributed by atoms with Crippen LogP contribution in [0.2, 0.25) is 5.02 Å². The van der Waals surface area contributed by atoms with Crippen LogP contribution in [0.1, 0.15) is 33.5 Å². The van der Waals surface area contributed by atoms with E-state index in [-0.39, 0.29) is 22.9 Å². The van der Waals surface area contributed by atoms with Gasteiger partial charge in [-0.1, -0.05) is 11.6 Å². The third-order valence-electron chi connectivity index (χ3n) is 3.58. The van der Waals surface area contributed by atoms with E-state index in [4.69, 9.17) is 16.3 Å². The van der Waals surface area contributed by atoms with Crippen molar-refractivity contribution in [3.63, 3.8) is 0 Å². The summed E-state index contributed by atoms with van der Waals surface area (Å²) in [4.78, 5) is 24.3. The molecule has 0 saturated carbocycles. The Morgan fingerprint density at radius 3 is 2.45 bits per heavy atom. The highest BCUT2D eigenvalue weighted by Gasteiger charge is 2.61. The van der Waals surface area contributed by atoms with Gasteiger partial charge in [0, 0.05) is 12.7 Å². The molecule has 0 fully saturated rings. The van der Waals surface area contributed by atoms with E-state index >= 15 is 0 Å². The fourth-order valence-corrected chi connectivity index (χ4v) is 3.20. The number of rotatable bonds is 5. The van der Waals surface area contributed by atoms with Gasteiger partial charge in [-0.15, -0.1) is 0 Å². The number of esters is 1. The van der Waals surface area contributed by atoms with E-state index in [1.54, 1.807) is 6.92 Å². The molecular weight excluding hydrogens is 493 g/mol. The van der Waals surface area contributed by atoms with Gasteiger partial charge < -0.3 is 10.1 Å². The van der Waals surface area contributed by atoms with Gasteiger partial charge in [0.1, 0.15) is 5.69 Å². The monoisotopic (exact) mass is 503 g/mol. The van der Waals surface area contributed by atoms with E-state index in [0.717, 1.165) is 7.05 Å². The number of hydrogen-bond donors (Lipinski definition) is 1. The van der Waals surface area contributed by atoms with E-state index < -0.39 is 39.8 Å². The van der Waals surface area contributed by atoms with Crippen LogP contribution >= 0.6 is 27.5 Å². The second-order valence-electron chi connectivity index (χ2n) is 5.58. The maximum absolute atomic E-state index is 13.6. The van der Waals surface area contributed by atoms with Crippen LogP contribution < -0.4 is 5.32 Å². The average molecular weight is 505 g/mol. The maximum atomic E-state index is 13.6. The van der Waals surface area contributed by atoms with Gasteiger partial charge in [0.15, 0.2) is 5.69 Å². The van der Waals surface area contributed by atoms with Gasteiger partial charge in [-0.3, -0.25) is 9.48 Å². The molecule has 6 nitrogen and oxygen atoms in total. The first-order chi connectivity index (χ1) is 13.3. The molecule has 0 radical (unpaired) electrons. The summed E-state index contributed by atoms with van der Waals surface area (Å²) in [6.07, 6.45) is -5.90. The molecule has 1 N–H and O–H groups in total. The lowest BCUT2D eigenvalue weighted by Gasteiger charge is -2.17. The number of aromatic nitrogens is 2. The SMILES string of the molecule is CCOC(=O)c1cc(NC(=O)c2c(Br)c(C(F)(F)C(F)(F)F)nn2C)ccc1Cl. The van der Waals surface area contributed by atoms with Gasteiger partial charge in [-0.05, 0) is 41.1 Å². The zero-order valence-electron chi connectivity index (χ0n) is 14.7. The topological polar surface area (TPSA) is 73.2 Å². The molecule has 1 amide bonds. The van der Waals surface area contributed by atoms with Crippen LogP contribution in [-0.2, 0) is 17.7 Å². The summed E-state index contributed by atoms with van der Waals surface area (Å²) >= 11 is 8.50. The van der Waals surface area contributed by atoms with Crippen LogP contribution in [0.5, 0.6) is 0 Å². The highest BCUT2D eigenvalue weighted by atomic mass is 79.9. The average Bonchev–Trinajstić information content (AvgIpc) is 2.90. The van der Waals surface area contributed by atoms with E-state index in [2.05, 4.69) is 26.3 Å². The molecule has 0 bridgehead atoms. The Kier molecular flexibility index (Phi) is 6.58. The normalized spacial score (nSPS) is 12.0. The number of amides is 1. The first kappa shape index (κ1) is 23.1. The van der Waals surface area contributed by atoms with Crippen molar-refractivity contribution in [2.45, 2.75) is 19.0 Å². The highest BCUT2D eigenvalue weighted by Crippen LogP contribution is 2.46. The van der Waals surface area contributed by atoms with Crippen molar-refractivity contribution in [1.29, 1.82) is 0 Å². The van der Waals surface area contributed by atoms with E-state index in [1.807, 2.05) is 0 Å². The predicted molar refractivity (Wildman–Crippen MR) is 96.2 cm³/mol. The summed E-state index contributed by atoms with van der Waals surface area (Å²) in [5, 5.41) is 5.46. The van der Waals surface area contributed by atoms with Crippen molar-refractivity contribution in [2.75, 3.05) is 11.9 Å². The molecule has 0 aliphatic heterocycles. The van der Waals surface area contributed by atoms with Crippen molar-refractivity contribution >= 4 is 45.1 Å². The van der Waals surface area contributed by atoms with Gasteiger partial charge >= 0.3 is 18.1 Å². The van der Waals surface area contributed by atoms with Gasteiger partial charge in [0.2, 0.25) is 0 Å². The van der Waals surface area contributed by atoms with Crippen LogP contribution in [0, 0.1) is 0 Å². The Balaban J connectivity index is 2.38. The molecular formula is C16H12BrClF5N3O3. The molecule has 158 valence electrons. The molecule has 0 spiro atoms. The van der Waals surface area contributed by atoms with Crippen molar-refractivity contribution in [3.05, 3.63) is 44.6 Å². The lowest BCUT2D eigenvalue weighted by Crippen LogP contribution is -2.34. The zero-order chi connectivity index (χ0) is 22.1. The van der Waals surface area contributed by atoms with Crippen LogP contribution in [-0.4, -0.2) is 34.4 Å². The molecule has 1 aromatic carbocycles. The number of alkyl halides is 5. The molecule has 0 aliphatic carbocycles. The first-order valence-corrected chi connectivity index (χ1v) is 8.93. The smallest absolute Gasteiger partial charge is 0.459 e. The Hall–Kier alpha value is -2.21. The minimum atomic E-state index is -5.90. The van der Waals surface area contributed by atoms with Gasteiger partial charge in [0.25, 0.3) is 5.91 Å². The number of carbonyl (C=O) groups excluding carboxylic acids is 2. The minimum absolute atomic E-state index is 0.0275. The van der Waals surface area contributed by atoms with Gasteiger partial charge in [0.05, 0.1) is 21.7 Å². The number of anilines is 1. The number of aryl methyl sites for hydroxylation is 1. The number of ether oxygens (including phenoxy) is 1. The van der Waals surface area contributed by atoms with Gasteiger partial charge in [-0.25, -0.2) is 4.79 Å². The molecule has 13 heteroatoms. The van der Waals surface area contributed by atoms with Crippen molar-refractivity contribution < 1.29 is 36.3 Å². The van der Waals surface area contributed by atoms with Gasteiger partial charge in [-0.2, -0.15) is 27.1 Å². The molecule has 2 aromatic rings. The molecule has 1 heterocycles. The molecule has 0 aliphatic rings. The third kappa shape index (κ3) is 4.53. The Morgan fingerprint density at radius 2 is 1.90 bits per heavy atom. The number of benzene rings is 1. The van der Waals surface area contributed by atoms with E-state index in [9.17, 15) is 31.5 Å². The predicted octanol–water partition coefficient (Wildman–Crippen LogP) is 4.92. The molecule has 0 saturated heterocycles. The molecule has 2 rings (SSSR count). The van der Waals surface area contributed by atoms with Crippen molar-refractivity contribution in [2.24, 2.45) is 7.05 Å². The number of nitrogens with zero attached hydrogens (tertiary/aromatic N) is 2. The third-order valence-corrected chi connectivity index (χ3v) is 4.66. The second-order valence-corrected chi connectivity index (χ2v) is 6.78. The van der Waals surface area contributed by atoms with Crippen molar-refractivity contribution in [1.82, 2.24) is 9.78 Å². The lowest BCUT2D eigenvalue weighted by molar-refractivity contribution is -0.291. The fourth-order valence-electron chi connectivity index (χ4n) is 2.24. The van der Waals surface area contributed by atoms with E-state index in [1.165, 1.54) is 18.2 Å². The fraction of sp³-hybridized carbons (Fsp3) is 0.312. The molecule has 0 atom stereocenters. The maximum Gasteiger partial charge on any atom is 0.459 e. The zero-order valence-corrected chi connectivity index (χ0v) is 17.0. The quantitative estimate of drug-likeness (QED) is 0.464. The van der Waals surface area contributed by atoms with Crippen LogP contribution in [0.25, 0.3) is 0 Å². The Labute approximate surface area is 174 Å². The molecule has 1 aromatic heterocycles. The van der Waals surface area contributed by atoms with Crippen LogP contribution in [0.4, 0.5) is 27.6 Å². The number of hydrogen-bond acceptors (Lipinski definition) is 4. The lowest BCUT2D eigenvalue weighted by atomic mass is 10.2. The number of nitrogens with one attached hydrogen (secondary N) is 1. The standard InChI is InChI=1S/C16H12BrClF5N3O3/c1-3-29-14(28)8-6-7(4-5-9(8)18)24-13(27)11-10(17)12(25-26(11)2)15(19,20)16(21,22)23/h4-6H,3H2,1-2H3,(H,24,27). The summed E-state index contributed by atoms with van der Waals surface area (Å²) in [6, 6.07) is 3.76. The van der Waals surface area contributed by atoms with E-state index in [0.29, 0.717) is 4.68 Å². The largest absolute Gasteiger partial charge is 0.462 e. The van der Waals surface area contributed by atoms with Crippen LogP contribution in [0.15, 0.2) is 22.7 Å². The second kappa shape index (κ2) is 8.27. The Morgan fingerprint density at radius 1 is 1.28 bits per heavy atom. The summed E-state index contributed by atoms with van der Waals surface area (Å²) in [7, 11) is 1.03. The summed E-state index contributed by atoms with van der Waals surface area (Å²) in [6.45, 7) is 1.65. The molecule has 0 unspecified atom stereocenters.